The summed E-state index contributed by atoms with van der Waals surface area (Å²) < 4.78 is 11.8. The molecule has 102 valence electrons. The predicted molar refractivity (Wildman–Crippen MR) is 72.4 cm³/mol. The predicted octanol–water partition coefficient (Wildman–Crippen LogP) is 2.88. The Bertz CT molecular complexity index is 710. The van der Waals surface area contributed by atoms with Gasteiger partial charge in [0.2, 0.25) is 0 Å². The second-order valence-electron chi connectivity index (χ2n) is 5.61. The molecule has 2 aliphatic rings. The number of hydrogen-bond donors (Lipinski definition) is 2. The van der Waals surface area contributed by atoms with E-state index in [0.29, 0.717) is 18.1 Å². The van der Waals surface area contributed by atoms with Crippen LogP contribution >= 0.6 is 0 Å². The van der Waals surface area contributed by atoms with Gasteiger partial charge in [0.15, 0.2) is 0 Å². The molecule has 0 saturated heterocycles. The summed E-state index contributed by atoms with van der Waals surface area (Å²) in [6.07, 6.45) is -0.163. The zero-order valence-corrected chi connectivity index (χ0v) is 11.0. The summed E-state index contributed by atoms with van der Waals surface area (Å²) in [7, 11) is 0. The first-order valence-corrected chi connectivity index (χ1v) is 6.54. The fourth-order valence-corrected chi connectivity index (χ4v) is 3.13. The lowest BCUT2D eigenvalue weighted by Crippen LogP contribution is -2.38. The summed E-state index contributed by atoms with van der Waals surface area (Å²) in [6.45, 7) is 2.57. The maximum absolute atomic E-state index is 9.60. The molecular weight excluding hydrogens is 256 g/mol. The van der Waals surface area contributed by atoms with Crippen molar-refractivity contribution in [2.24, 2.45) is 0 Å². The molecule has 2 N–H and O–H groups in total. The Hall–Kier alpha value is -2.36. The second-order valence-corrected chi connectivity index (χ2v) is 5.61. The van der Waals surface area contributed by atoms with Crippen molar-refractivity contribution >= 4 is 0 Å². The maximum Gasteiger partial charge on any atom is 0.140 e. The first kappa shape index (κ1) is 11.5. The van der Waals surface area contributed by atoms with Crippen LogP contribution in [0.3, 0.4) is 0 Å². The molecule has 0 aliphatic carbocycles. The summed E-state index contributed by atoms with van der Waals surface area (Å²) in [5.41, 5.74) is 1.68. The molecule has 2 atom stereocenters. The van der Waals surface area contributed by atoms with Crippen molar-refractivity contribution in [3.63, 3.8) is 0 Å². The van der Waals surface area contributed by atoms with Crippen LogP contribution < -0.4 is 9.47 Å². The molecule has 0 unspecified atom stereocenters. The third-order valence-corrected chi connectivity index (χ3v) is 4.21. The zero-order valence-electron chi connectivity index (χ0n) is 11.0. The fourth-order valence-electron chi connectivity index (χ4n) is 3.13. The fraction of sp³-hybridized carbons (Fsp3) is 0.250. The van der Waals surface area contributed by atoms with Gasteiger partial charge in [0.25, 0.3) is 0 Å². The zero-order chi connectivity index (χ0) is 13.9. The normalized spacial score (nSPS) is 25.9. The van der Waals surface area contributed by atoms with Crippen molar-refractivity contribution in [3.05, 3.63) is 47.5 Å². The minimum Gasteiger partial charge on any atom is -0.508 e. The molecule has 4 rings (SSSR count). The van der Waals surface area contributed by atoms with E-state index < -0.39 is 0 Å². The lowest BCUT2D eigenvalue weighted by Gasteiger charge is -2.36. The van der Waals surface area contributed by atoms with E-state index >= 15 is 0 Å². The molecule has 2 aliphatic heterocycles. The molecule has 2 aromatic carbocycles. The van der Waals surface area contributed by atoms with Crippen molar-refractivity contribution in [3.8, 4) is 23.0 Å². The number of phenols is 2. The van der Waals surface area contributed by atoms with Gasteiger partial charge in [-0.1, -0.05) is 6.07 Å². The van der Waals surface area contributed by atoms with Gasteiger partial charge in [-0.15, -0.1) is 0 Å². The van der Waals surface area contributed by atoms with Crippen LogP contribution in [-0.2, 0) is 5.41 Å². The van der Waals surface area contributed by atoms with Crippen LogP contribution in [0.4, 0.5) is 0 Å². The molecule has 20 heavy (non-hydrogen) atoms. The Morgan fingerprint density at radius 3 is 2.55 bits per heavy atom. The van der Waals surface area contributed by atoms with E-state index in [9.17, 15) is 10.2 Å². The van der Waals surface area contributed by atoms with Crippen molar-refractivity contribution in [2.75, 3.05) is 6.61 Å². The van der Waals surface area contributed by atoms with Crippen LogP contribution in [0, 0.1) is 0 Å². The molecule has 4 heteroatoms. The third-order valence-electron chi connectivity index (χ3n) is 4.21. The summed E-state index contributed by atoms with van der Waals surface area (Å²) in [6, 6.07) is 10.3. The van der Waals surface area contributed by atoms with E-state index in [-0.39, 0.29) is 23.0 Å². The second kappa shape index (κ2) is 3.60. The van der Waals surface area contributed by atoms with Crippen LogP contribution in [0.15, 0.2) is 36.4 Å². The number of phenolic OH excluding ortho intramolecular Hbond substituents is 2. The standard InChI is InChI=1S/C16H14O4/c1-16-8-19-13-6-9(17)2-4-11(13)15(16)20-14-7-10(18)3-5-12(14)16/h2-7,15,17-18H,8H2,1H3/t15-,16-/m0/s1. The summed E-state index contributed by atoms with van der Waals surface area (Å²) in [5.74, 6) is 1.73. The maximum atomic E-state index is 9.60. The number of aromatic hydroxyl groups is 2. The molecule has 0 aromatic heterocycles. The van der Waals surface area contributed by atoms with Gasteiger partial charge in [-0.3, -0.25) is 0 Å². The third kappa shape index (κ3) is 1.36. The number of hydrogen-bond acceptors (Lipinski definition) is 4. The smallest absolute Gasteiger partial charge is 0.140 e. The van der Waals surface area contributed by atoms with E-state index in [1.807, 2.05) is 12.1 Å². The summed E-state index contributed by atoms with van der Waals surface area (Å²) in [5, 5.41) is 19.2. The van der Waals surface area contributed by atoms with E-state index in [1.54, 1.807) is 24.3 Å². The Morgan fingerprint density at radius 1 is 1.05 bits per heavy atom. The Labute approximate surface area is 116 Å². The van der Waals surface area contributed by atoms with Gasteiger partial charge >= 0.3 is 0 Å². The molecule has 2 aromatic rings. The Morgan fingerprint density at radius 2 is 1.75 bits per heavy atom. The molecule has 0 saturated carbocycles. The average molecular weight is 270 g/mol. The first-order valence-electron chi connectivity index (χ1n) is 6.54. The topological polar surface area (TPSA) is 58.9 Å². The van der Waals surface area contributed by atoms with Gasteiger partial charge < -0.3 is 19.7 Å². The van der Waals surface area contributed by atoms with Crippen molar-refractivity contribution in [1.82, 2.24) is 0 Å². The Balaban J connectivity index is 1.88. The van der Waals surface area contributed by atoms with Crippen LogP contribution in [0.5, 0.6) is 23.0 Å². The highest BCUT2D eigenvalue weighted by Gasteiger charge is 2.50. The highest BCUT2D eigenvalue weighted by Crippen LogP contribution is 2.55. The highest BCUT2D eigenvalue weighted by atomic mass is 16.5. The van der Waals surface area contributed by atoms with Crippen LogP contribution in [-0.4, -0.2) is 16.8 Å². The van der Waals surface area contributed by atoms with E-state index in [2.05, 4.69) is 6.92 Å². The summed E-state index contributed by atoms with van der Waals surface area (Å²) in [4.78, 5) is 0. The minimum atomic E-state index is -0.285. The van der Waals surface area contributed by atoms with E-state index in [4.69, 9.17) is 9.47 Å². The Kier molecular flexibility index (Phi) is 2.06. The molecule has 0 amide bonds. The highest BCUT2D eigenvalue weighted by molar-refractivity contribution is 5.54. The van der Waals surface area contributed by atoms with Gasteiger partial charge in [-0.25, -0.2) is 0 Å². The van der Waals surface area contributed by atoms with Gasteiger partial charge in [-0.2, -0.15) is 0 Å². The molecule has 0 spiro atoms. The van der Waals surface area contributed by atoms with Crippen molar-refractivity contribution < 1.29 is 19.7 Å². The van der Waals surface area contributed by atoms with Gasteiger partial charge in [0.1, 0.15) is 35.7 Å². The molecule has 0 fully saturated rings. The number of fused-ring (bicyclic) bond motifs is 5. The van der Waals surface area contributed by atoms with Gasteiger partial charge in [-0.05, 0) is 25.1 Å². The monoisotopic (exact) mass is 270 g/mol. The van der Waals surface area contributed by atoms with Gasteiger partial charge in [0.05, 0.1) is 5.41 Å². The number of benzene rings is 2. The van der Waals surface area contributed by atoms with Gasteiger partial charge in [0, 0.05) is 23.3 Å². The largest absolute Gasteiger partial charge is 0.508 e. The SMILES string of the molecule is C[C@@]12COc3cc(O)ccc3[C@@H]1Oc1cc(O)ccc12. The number of ether oxygens (including phenoxy) is 2. The van der Waals surface area contributed by atoms with Crippen molar-refractivity contribution in [2.45, 2.75) is 18.4 Å². The molecule has 4 nitrogen and oxygen atoms in total. The van der Waals surface area contributed by atoms with E-state index in [1.165, 1.54) is 0 Å². The lowest BCUT2D eigenvalue weighted by molar-refractivity contribution is 0.0824. The molecular formula is C16H14O4. The molecule has 0 radical (unpaired) electrons. The average Bonchev–Trinajstić information content (AvgIpc) is 2.71. The van der Waals surface area contributed by atoms with Crippen LogP contribution in [0.2, 0.25) is 0 Å². The summed E-state index contributed by atoms with van der Waals surface area (Å²) >= 11 is 0. The van der Waals surface area contributed by atoms with E-state index in [0.717, 1.165) is 11.1 Å². The number of rotatable bonds is 0. The van der Waals surface area contributed by atoms with Crippen LogP contribution in [0.1, 0.15) is 24.2 Å². The lowest BCUT2D eigenvalue weighted by atomic mass is 9.75. The quantitative estimate of drug-likeness (QED) is 0.772. The minimum absolute atomic E-state index is 0.163. The van der Waals surface area contributed by atoms with Crippen molar-refractivity contribution in [1.29, 1.82) is 0 Å². The first-order chi connectivity index (χ1) is 9.58. The van der Waals surface area contributed by atoms with Crippen LogP contribution in [0.25, 0.3) is 0 Å². The molecule has 2 heterocycles. The molecule has 0 bridgehead atoms.